The molecule has 4 nitrogen and oxygen atoms in total. The van der Waals surface area contributed by atoms with Crippen molar-refractivity contribution in [3.05, 3.63) is 59.0 Å². The van der Waals surface area contributed by atoms with Crippen molar-refractivity contribution in [1.82, 2.24) is 0 Å². The van der Waals surface area contributed by atoms with E-state index in [-0.39, 0.29) is 22.1 Å². The van der Waals surface area contributed by atoms with Crippen LogP contribution in [-0.4, -0.2) is 22.8 Å². The third-order valence-electron chi connectivity index (χ3n) is 3.34. The van der Waals surface area contributed by atoms with Gasteiger partial charge in [-0.2, -0.15) is 13.2 Å². The van der Waals surface area contributed by atoms with E-state index in [1.165, 1.54) is 24.5 Å². The van der Waals surface area contributed by atoms with Crippen LogP contribution >= 0.6 is 11.6 Å². The van der Waals surface area contributed by atoms with Gasteiger partial charge in [-0.15, -0.1) is 0 Å². The molecule has 22 heavy (non-hydrogen) atoms. The van der Waals surface area contributed by atoms with Gasteiger partial charge in [0.15, 0.2) is 5.76 Å². The topological polar surface area (TPSA) is 55.0 Å². The van der Waals surface area contributed by atoms with Gasteiger partial charge in [0.1, 0.15) is 11.6 Å². The number of hydrogen-bond acceptors (Lipinski definition) is 4. The van der Waals surface area contributed by atoms with E-state index in [1.807, 2.05) is 0 Å². The SMILES string of the molecule is OC1(C(F)(F)F)ON=C(c2occc2Cl)C1c1ccccc1. The van der Waals surface area contributed by atoms with Crippen LogP contribution in [0.5, 0.6) is 0 Å². The molecule has 1 aromatic carbocycles. The van der Waals surface area contributed by atoms with Gasteiger partial charge in [-0.05, 0) is 11.6 Å². The number of hydrogen-bond donors (Lipinski definition) is 1. The second-order valence-electron chi connectivity index (χ2n) is 4.70. The van der Waals surface area contributed by atoms with Crippen molar-refractivity contribution in [2.45, 2.75) is 17.9 Å². The van der Waals surface area contributed by atoms with Crippen LogP contribution in [0.2, 0.25) is 5.02 Å². The van der Waals surface area contributed by atoms with Crippen molar-refractivity contribution in [3.63, 3.8) is 0 Å². The van der Waals surface area contributed by atoms with E-state index in [1.54, 1.807) is 18.2 Å². The maximum absolute atomic E-state index is 13.3. The van der Waals surface area contributed by atoms with Gasteiger partial charge in [0.25, 0.3) is 0 Å². The summed E-state index contributed by atoms with van der Waals surface area (Å²) in [4.78, 5) is 4.36. The highest BCUT2D eigenvalue weighted by Gasteiger charge is 2.67. The van der Waals surface area contributed by atoms with Crippen molar-refractivity contribution in [2.75, 3.05) is 0 Å². The van der Waals surface area contributed by atoms with E-state index in [0.717, 1.165) is 0 Å². The van der Waals surface area contributed by atoms with Crippen LogP contribution in [0.1, 0.15) is 17.2 Å². The second kappa shape index (κ2) is 5.03. The number of furan rings is 1. The van der Waals surface area contributed by atoms with E-state index < -0.39 is 17.9 Å². The number of alkyl halides is 3. The van der Waals surface area contributed by atoms with Crippen LogP contribution in [0.4, 0.5) is 13.2 Å². The Morgan fingerprint density at radius 3 is 2.41 bits per heavy atom. The maximum atomic E-state index is 13.3. The second-order valence-corrected chi connectivity index (χ2v) is 5.11. The number of halogens is 4. The molecule has 2 heterocycles. The molecule has 0 aliphatic carbocycles. The molecule has 1 aromatic heterocycles. The quantitative estimate of drug-likeness (QED) is 0.913. The molecule has 0 amide bonds. The van der Waals surface area contributed by atoms with E-state index in [2.05, 4.69) is 9.99 Å². The van der Waals surface area contributed by atoms with E-state index in [9.17, 15) is 18.3 Å². The Labute approximate surface area is 127 Å². The average Bonchev–Trinajstić information content (AvgIpc) is 3.03. The number of oxime groups is 1. The highest BCUT2D eigenvalue weighted by Crippen LogP contribution is 2.48. The smallest absolute Gasteiger partial charge is 0.458 e. The summed E-state index contributed by atoms with van der Waals surface area (Å²) in [6, 6.07) is 8.97. The monoisotopic (exact) mass is 331 g/mol. The third kappa shape index (κ3) is 2.17. The third-order valence-corrected chi connectivity index (χ3v) is 3.63. The van der Waals surface area contributed by atoms with E-state index in [4.69, 9.17) is 16.0 Å². The Balaban J connectivity index is 2.14. The molecule has 1 aliphatic rings. The zero-order valence-electron chi connectivity index (χ0n) is 10.8. The Kier molecular flexibility index (Phi) is 3.41. The first kappa shape index (κ1) is 14.9. The van der Waals surface area contributed by atoms with Crippen LogP contribution in [0, 0.1) is 0 Å². The summed E-state index contributed by atoms with van der Waals surface area (Å²) in [6.07, 6.45) is -3.84. The number of aliphatic hydroxyl groups is 1. The van der Waals surface area contributed by atoms with Crippen LogP contribution in [0.15, 0.2) is 52.2 Å². The molecule has 3 rings (SSSR count). The van der Waals surface area contributed by atoms with Crippen molar-refractivity contribution in [3.8, 4) is 0 Å². The fraction of sp³-hybridized carbons (Fsp3) is 0.214. The summed E-state index contributed by atoms with van der Waals surface area (Å²) < 4.78 is 44.9. The van der Waals surface area contributed by atoms with Gasteiger partial charge in [-0.1, -0.05) is 47.1 Å². The molecule has 0 saturated heterocycles. The molecule has 2 unspecified atom stereocenters. The van der Waals surface area contributed by atoms with Crippen LogP contribution in [-0.2, 0) is 4.84 Å². The largest absolute Gasteiger partial charge is 0.461 e. The molecule has 2 aromatic rings. The molecule has 0 saturated carbocycles. The Morgan fingerprint density at radius 1 is 1.18 bits per heavy atom. The van der Waals surface area contributed by atoms with E-state index >= 15 is 0 Å². The van der Waals surface area contributed by atoms with Gasteiger partial charge in [0.2, 0.25) is 0 Å². The van der Waals surface area contributed by atoms with Crippen molar-refractivity contribution >= 4 is 17.3 Å². The van der Waals surface area contributed by atoms with Crippen LogP contribution in [0.3, 0.4) is 0 Å². The molecular weight excluding hydrogens is 323 g/mol. The molecule has 0 bridgehead atoms. The number of benzene rings is 1. The molecule has 0 spiro atoms. The zero-order valence-corrected chi connectivity index (χ0v) is 11.6. The molecule has 0 fully saturated rings. The lowest BCUT2D eigenvalue weighted by Crippen LogP contribution is -2.50. The normalized spacial score (nSPS) is 25.0. The summed E-state index contributed by atoms with van der Waals surface area (Å²) in [7, 11) is 0. The fourth-order valence-electron chi connectivity index (χ4n) is 2.30. The summed E-state index contributed by atoms with van der Waals surface area (Å²) in [5.74, 6) is -5.17. The summed E-state index contributed by atoms with van der Waals surface area (Å²) >= 11 is 5.89. The molecule has 1 aliphatic heterocycles. The molecule has 1 N–H and O–H groups in total. The molecular formula is C14H9ClF3NO3. The fourth-order valence-corrected chi connectivity index (χ4v) is 2.50. The van der Waals surface area contributed by atoms with Gasteiger partial charge in [-0.25, -0.2) is 0 Å². The van der Waals surface area contributed by atoms with Gasteiger partial charge in [0, 0.05) is 0 Å². The van der Waals surface area contributed by atoms with E-state index in [0.29, 0.717) is 0 Å². The average molecular weight is 332 g/mol. The van der Waals surface area contributed by atoms with Crippen molar-refractivity contribution < 1.29 is 27.5 Å². The minimum atomic E-state index is -5.06. The van der Waals surface area contributed by atoms with Crippen molar-refractivity contribution in [2.24, 2.45) is 5.16 Å². The first-order chi connectivity index (χ1) is 10.3. The lowest BCUT2D eigenvalue weighted by molar-refractivity contribution is -0.361. The number of nitrogens with zero attached hydrogens (tertiary/aromatic N) is 1. The van der Waals surface area contributed by atoms with Crippen LogP contribution < -0.4 is 0 Å². The minimum absolute atomic E-state index is 0.0734. The van der Waals surface area contributed by atoms with Gasteiger partial charge >= 0.3 is 12.0 Å². The number of rotatable bonds is 2. The molecule has 8 heteroatoms. The predicted molar refractivity (Wildman–Crippen MR) is 71.5 cm³/mol. The van der Waals surface area contributed by atoms with Gasteiger partial charge in [0.05, 0.1) is 11.3 Å². The standard InChI is InChI=1S/C14H9ClF3NO3/c15-9-6-7-21-12(9)11-10(8-4-2-1-3-5-8)13(20,22-19-11)14(16,17)18/h1-7,10,20H. The Bertz CT molecular complexity index is 714. The summed E-state index contributed by atoms with van der Waals surface area (Å²) in [5.41, 5.74) is -0.0490. The Hall–Kier alpha value is -1.99. The lowest BCUT2D eigenvalue weighted by atomic mass is 9.85. The lowest BCUT2D eigenvalue weighted by Gasteiger charge is -2.29. The first-order valence-electron chi connectivity index (χ1n) is 6.18. The molecule has 2 atom stereocenters. The Morgan fingerprint density at radius 2 is 1.86 bits per heavy atom. The predicted octanol–water partition coefficient (Wildman–Crippen LogP) is 3.70. The summed E-state index contributed by atoms with van der Waals surface area (Å²) in [6.45, 7) is 0. The molecule has 0 radical (unpaired) electrons. The maximum Gasteiger partial charge on any atom is 0.458 e. The van der Waals surface area contributed by atoms with Crippen molar-refractivity contribution in [1.29, 1.82) is 0 Å². The highest BCUT2D eigenvalue weighted by molar-refractivity contribution is 6.34. The van der Waals surface area contributed by atoms with Crippen LogP contribution in [0.25, 0.3) is 0 Å². The summed E-state index contributed by atoms with van der Waals surface area (Å²) in [5, 5.41) is 13.5. The highest BCUT2D eigenvalue weighted by atomic mass is 35.5. The first-order valence-corrected chi connectivity index (χ1v) is 6.56. The van der Waals surface area contributed by atoms with Gasteiger partial charge < -0.3 is 14.4 Å². The minimum Gasteiger partial charge on any atom is -0.461 e. The van der Waals surface area contributed by atoms with Gasteiger partial charge in [-0.3, -0.25) is 0 Å². The zero-order chi connectivity index (χ0) is 16.0. The molecule has 116 valence electrons.